The molecule has 0 saturated heterocycles. The summed E-state index contributed by atoms with van der Waals surface area (Å²) in [6, 6.07) is 8.06. The average molecular weight is 240 g/mol. The van der Waals surface area contributed by atoms with Crippen LogP contribution >= 0.6 is 0 Å². The number of fused-ring (bicyclic) bond motifs is 1. The number of hydrogen-bond acceptors (Lipinski definition) is 3. The lowest BCUT2D eigenvalue weighted by Crippen LogP contribution is -2.06. The summed E-state index contributed by atoms with van der Waals surface area (Å²) in [4.78, 5) is 18.3. The molecule has 0 aliphatic rings. The Balaban J connectivity index is 2.19. The maximum Gasteiger partial charge on any atom is 0.261 e. The van der Waals surface area contributed by atoms with Crippen LogP contribution in [0.15, 0.2) is 41.6 Å². The van der Waals surface area contributed by atoms with E-state index in [-0.39, 0.29) is 5.56 Å². The van der Waals surface area contributed by atoms with Crippen LogP contribution in [0.3, 0.4) is 0 Å². The highest BCUT2D eigenvalue weighted by atomic mass is 16.1. The van der Waals surface area contributed by atoms with Crippen LogP contribution in [0.25, 0.3) is 16.7 Å². The van der Waals surface area contributed by atoms with Gasteiger partial charge in [-0.3, -0.25) is 4.79 Å². The summed E-state index contributed by atoms with van der Waals surface area (Å²) < 4.78 is 1.67. The van der Waals surface area contributed by atoms with Gasteiger partial charge >= 0.3 is 0 Å². The number of rotatable bonds is 2. The quantitative estimate of drug-likeness (QED) is 0.741. The monoisotopic (exact) mass is 240 g/mol. The number of hydrogen-bond donors (Lipinski definition) is 1. The molecule has 0 spiro atoms. The van der Waals surface area contributed by atoms with E-state index in [2.05, 4.69) is 34.1 Å². The van der Waals surface area contributed by atoms with Gasteiger partial charge in [-0.05, 0) is 24.1 Å². The fourth-order valence-corrected chi connectivity index (χ4v) is 1.92. The van der Waals surface area contributed by atoms with Gasteiger partial charge in [0, 0.05) is 0 Å². The molecule has 0 saturated carbocycles. The standard InChI is InChI=1S/C13H12N4O/c1-2-9-3-5-10(6-4-9)17-12-11(7-16-17)13(18)15-8-14-12/h3-8H,2H2,1H3,(H,14,15,18). The van der Waals surface area contributed by atoms with Crippen LogP contribution < -0.4 is 5.56 Å². The summed E-state index contributed by atoms with van der Waals surface area (Å²) in [6.45, 7) is 2.11. The highest BCUT2D eigenvalue weighted by molar-refractivity contribution is 5.74. The maximum atomic E-state index is 11.6. The third-order valence-corrected chi connectivity index (χ3v) is 2.96. The van der Waals surface area contributed by atoms with Crippen molar-refractivity contribution in [3.05, 3.63) is 52.7 Å². The first kappa shape index (κ1) is 10.7. The molecule has 0 aliphatic carbocycles. The lowest BCUT2D eigenvalue weighted by Gasteiger charge is -2.03. The van der Waals surface area contributed by atoms with Gasteiger partial charge in [-0.1, -0.05) is 19.1 Å². The van der Waals surface area contributed by atoms with Gasteiger partial charge < -0.3 is 4.98 Å². The molecule has 0 unspecified atom stereocenters. The Kier molecular flexibility index (Phi) is 2.44. The summed E-state index contributed by atoms with van der Waals surface area (Å²) in [5.41, 5.74) is 2.57. The van der Waals surface area contributed by atoms with Crippen molar-refractivity contribution in [2.45, 2.75) is 13.3 Å². The molecule has 1 N–H and O–H groups in total. The predicted molar refractivity (Wildman–Crippen MR) is 68.9 cm³/mol. The van der Waals surface area contributed by atoms with Gasteiger partial charge in [0.15, 0.2) is 5.65 Å². The van der Waals surface area contributed by atoms with Crippen LogP contribution in [0.4, 0.5) is 0 Å². The van der Waals surface area contributed by atoms with E-state index in [0.29, 0.717) is 11.0 Å². The third kappa shape index (κ3) is 1.60. The van der Waals surface area contributed by atoms with Crippen molar-refractivity contribution in [2.75, 3.05) is 0 Å². The Labute approximate surface area is 103 Å². The minimum Gasteiger partial charge on any atom is -0.312 e. The van der Waals surface area contributed by atoms with E-state index in [9.17, 15) is 4.79 Å². The third-order valence-electron chi connectivity index (χ3n) is 2.96. The molecule has 2 heterocycles. The van der Waals surface area contributed by atoms with Gasteiger partial charge in [0.05, 0.1) is 18.2 Å². The Morgan fingerprint density at radius 3 is 2.78 bits per heavy atom. The molecule has 3 aromatic rings. The number of nitrogens with zero attached hydrogens (tertiary/aromatic N) is 3. The molecular weight excluding hydrogens is 228 g/mol. The number of aromatic amines is 1. The highest BCUT2D eigenvalue weighted by Crippen LogP contribution is 2.14. The molecular formula is C13H12N4O. The van der Waals surface area contributed by atoms with E-state index >= 15 is 0 Å². The van der Waals surface area contributed by atoms with Crippen molar-refractivity contribution in [3.8, 4) is 5.69 Å². The van der Waals surface area contributed by atoms with Crippen LogP contribution in [0.2, 0.25) is 0 Å². The molecule has 0 atom stereocenters. The van der Waals surface area contributed by atoms with Crippen molar-refractivity contribution < 1.29 is 0 Å². The van der Waals surface area contributed by atoms with Crippen molar-refractivity contribution in [1.29, 1.82) is 0 Å². The molecule has 90 valence electrons. The van der Waals surface area contributed by atoms with Crippen LogP contribution in [-0.2, 0) is 6.42 Å². The zero-order valence-corrected chi connectivity index (χ0v) is 9.92. The van der Waals surface area contributed by atoms with E-state index in [4.69, 9.17) is 0 Å². The van der Waals surface area contributed by atoms with Gasteiger partial charge in [-0.2, -0.15) is 5.10 Å². The van der Waals surface area contributed by atoms with Gasteiger partial charge in [0.2, 0.25) is 0 Å². The van der Waals surface area contributed by atoms with E-state index in [1.165, 1.54) is 18.1 Å². The molecule has 0 bridgehead atoms. The summed E-state index contributed by atoms with van der Waals surface area (Å²) in [6.07, 6.45) is 3.93. The van der Waals surface area contributed by atoms with Crippen LogP contribution in [0.5, 0.6) is 0 Å². The van der Waals surface area contributed by atoms with Crippen LogP contribution in [-0.4, -0.2) is 19.7 Å². The summed E-state index contributed by atoms with van der Waals surface area (Å²) in [5, 5.41) is 4.71. The molecule has 2 aromatic heterocycles. The topological polar surface area (TPSA) is 63.6 Å². The van der Waals surface area contributed by atoms with Gasteiger partial charge in [-0.15, -0.1) is 0 Å². The van der Waals surface area contributed by atoms with Crippen molar-refractivity contribution >= 4 is 11.0 Å². The zero-order chi connectivity index (χ0) is 12.5. The first-order valence-electron chi connectivity index (χ1n) is 5.80. The summed E-state index contributed by atoms with van der Waals surface area (Å²) in [5.74, 6) is 0. The van der Waals surface area contributed by atoms with Gasteiger partial charge in [0.25, 0.3) is 5.56 Å². The van der Waals surface area contributed by atoms with E-state index in [1.807, 2.05) is 12.1 Å². The summed E-state index contributed by atoms with van der Waals surface area (Å²) >= 11 is 0. The second kappa shape index (κ2) is 4.10. The normalized spacial score (nSPS) is 10.9. The minimum absolute atomic E-state index is 0.170. The van der Waals surface area contributed by atoms with Crippen LogP contribution in [0.1, 0.15) is 12.5 Å². The second-order valence-corrected chi connectivity index (χ2v) is 4.05. The zero-order valence-electron chi connectivity index (χ0n) is 9.92. The smallest absolute Gasteiger partial charge is 0.261 e. The number of aromatic nitrogens is 4. The Hall–Kier alpha value is -2.43. The Morgan fingerprint density at radius 2 is 2.06 bits per heavy atom. The maximum absolute atomic E-state index is 11.6. The predicted octanol–water partition coefficient (Wildman–Crippen LogP) is 1.67. The lowest BCUT2D eigenvalue weighted by molar-refractivity contribution is 0.893. The Bertz CT molecular complexity index is 740. The average Bonchev–Trinajstić information content (AvgIpc) is 2.84. The van der Waals surface area contributed by atoms with Gasteiger partial charge in [-0.25, -0.2) is 9.67 Å². The number of aryl methyl sites for hydroxylation is 1. The molecule has 0 radical (unpaired) electrons. The fraction of sp³-hybridized carbons (Fsp3) is 0.154. The fourth-order valence-electron chi connectivity index (χ4n) is 1.92. The largest absolute Gasteiger partial charge is 0.312 e. The van der Waals surface area contributed by atoms with Gasteiger partial charge in [0.1, 0.15) is 5.39 Å². The first-order valence-corrected chi connectivity index (χ1v) is 5.80. The van der Waals surface area contributed by atoms with Crippen LogP contribution in [0, 0.1) is 0 Å². The molecule has 5 heteroatoms. The molecule has 3 rings (SSSR count). The SMILES string of the molecule is CCc1ccc(-n2ncc3c(=O)[nH]cnc32)cc1. The van der Waals surface area contributed by atoms with E-state index in [1.54, 1.807) is 4.68 Å². The van der Waals surface area contributed by atoms with Crippen molar-refractivity contribution in [1.82, 2.24) is 19.7 Å². The summed E-state index contributed by atoms with van der Waals surface area (Å²) in [7, 11) is 0. The minimum atomic E-state index is -0.170. The molecule has 0 aliphatic heterocycles. The molecule has 1 aromatic carbocycles. The van der Waals surface area contributed by atoms with Crippen molar-refractivity contribution in [2.24, 2.45) is 0 Å². The molecule has 0 fully saturated rings. The number of benzene rings is 1. The Morgan fingerprint density at radius 1 is 1.28 bits per heavy atom. The lowest BCUT2D eigenvalue weighted by atomic mass is 10.1. The molecule has 0 amide bonds. The highest BCUT2D eigenvalue weighted by Gasteiger charge is 2.08. The van der Waals surface area contributed by atoms with E-state index < -0.39 is 0 Å². The number of H-pyrrole nitrogens is 1. The van der Waals surface area contributed by atoms with E-state index in [0.717, 1.165) is 12.1 Å². The molecule has 18 heavy (non-hydrogen) atoms. The first-order chi connectivity index (χ1) is 8.79. The molecule has 5 nitrogen and oxygen atoms in total. The second-order valence-electron chi connectivity index (χ2n) is 4.05. The van der Waals surface area contributed by atoms with Crippen molar-refractivity contribution in [3.63, 3.8) is 0 Å². The number of nitrogens with one attached hydrogen (secondary N) is 1.